The summed E-state index contributed by atoms with van der Waals surface area (Å²) in [6, 6.07) is 15.2. The summed E-state index contributed by atoms with van der Waals surface area (Å²) >= 11 is 12.2. The fourth-order valence-corrected chi connectivity index (χ4v) is 4.05. The van der Waals surface area contributed by atoms with Crippen LogP contribution < -0.4 is 0 Å². The summed E-state index contributed by atoms with van der Waals surface area (Å²) in [6.07, 6.45) is 3.12. The molecule has 0 radical (unpaired) electrons. The number of benzene rings is 2. The smallest absolute Gasteiger partial charge is 0.0924 e. The molecule has 2 heterocycles. The molecule has 1 fully saturated rings. The van der Waals surface area contributed by atoms with E-state index in [0.717, 1.165) is 40.8 Å². The summed E-state index contributed by atoms with van der Waals surface area (Å²) in [4.78, 5) is 7.12. The van der Waals surface area contributed by atoms with Crippen LogP contribution in [0.1, 0.15) is 30.9 Å². The first-order valence-corrected chi connectivity index (χ1v) is 10.1. The third-order valence-electron chi connectivity index (χ3n) is 5.18. The first kappa shape index (κ1) is 18.7. The molecule has 1 aliphatic heterocycles. The van der Waals surface area contributed by atoms with Gasteiger partial charge in [-0.2, -0.15) is 0 Å². The molecule has 0 aliphatic carbocycles. The van der Waals surface area contributed by atoms with Crippen molar-refractivity contribution < 1.29 is 5.11 Å². The fourth-order valence-electron chi connectivity index (χ4n) is 3.76. The molecule has 140 valence electrons. The Bertz CT molecular complexity index is 937. The number of piperidine rings is 1. The van der Waals surface area contributed by atoms with Crippen LogP contribution in [-0.4, -0.2) is 34.6 Å². The van der Waals surface area contributed by atoms with Crippen molar-refractivity contribution in [1.82, 2.24) is 9.88 Å². The van der Waals surface area contributed by atoms with Crippen molar-refractivity contribution in [2.75, 3.05) is 19.6 Å². The van der Waals surface area contributed by atoms with Gasteiger partial charge in [-0.05, 0) is 61.8 Å². The minimum atomic E-state index is -0.569. The number of hydrogen-bond acceptors (Lipinski definition) is 3. The molecular weight excluding hydrogens is 379 g/mol. The monoisotopic (exact) mass is 400 g/mol. The van der Waals surface area contributed by atoms with Gasteiger partial charge < -0.3 is 10.0 Å². The predicted molar refractivity (Wildman–Crippen MR) is 112 cm³/mol. The topological polar surface area (TPSA) is 36.4 Å². The molecule has 3 nitrogen and oxygen atoms in total. The number of aromatic nitrogens is 1. The zero-order valence-electron chi connectivity index (χ0n) is 15.0. The number of likely N-dealkylation sites (tertiary alicyclic amines) is 1. The zero-order chi connectivity index (χ0) is 18.8. The average molecular weight is 401 g/mol. The van der Waals surface area contributed by atoms with Crippen LogP contribution in [0.4, 0.5) is 0 Å². The van der Waals surface area contributed by atoms with Gasteiger partial charge in [0.25, 0.3) is 0 Å². The van der Waals surface area contributed by atoms with Gasteiger partial charge in [-0.25, -0.2) is 4.98 Å². The number of β-amino-alcohol motifs (C(OH)–C–C–N with tert-alkyl or cyclic N) is 1. The summed E-state index contributed by atoms with van der Waals surface area (Å²) in [5.41, 5.74) is 3.47. The lowest BCUT2D eigenvalue weighted by atomic mass is 9.99. The van der Waals surface area contributed by atoms with Crippen LogP contribution in [0, 0.1) is 0 Å². The second-order valence-electron chi connectivity index (χ2n) is 7.14. The fraction of sp³-hybridized carbons (Fsp3) is 0.318. The predicted octanol–water partition coefficient (Wildman–Crippen LogP) is 5.73. The molecule has 5 heteroatoms. The van der Waals surface area contributed by atoms with Crippen LogP contribution in [0.3, 0.4) is 0 Å². The van der Waals surface area contributed by atoms with Crippen LogP contribution in [0.5, 0.6) is 0 Å². The van der Waals surface area contributed by atoms with Crippen LogP contribution in [0.2, 0.25) is 10.0 Å². The molecule has 1 N–H and O–H groups in total. The normalized spacial score (nSPS) is 16.6. The Hall–Kier alpha value is -1.65. The maximum Gasteiger partial charge on any atom is 0.0924 e. The lowest BCUT2D eigenvalue weighted by Gasteiger charge is -2.29. The van der Waals surface area contributed by atoms with Gasteiger partial charge in [0.05, 0.1) is 17.3 Å². The lowest BCUT2D eigenvalue weighted by molar-refractivity contribution is 0.102. The number of nitrogens with zero attached hydrogens (tertiary/aromatic N) is 2. The highest BCUT2D eigenvalue weighted by Gasteiger charge is 2.19. The molecule has 27 heavy (non-hydrogen) atoms. The van der Waals surface area contributed by atoms with Crippen molar-refractivity contribution >= 4 is 34.1 Å². The first-order valence-electron chi connectivity index (χ1n) is 9.37. The minimum Gasteiger partial charge on any atom is -0.387 e. The van der Waals surface area contributed by atoms with Crippen molar-refractivity contribution in [3.63, 3.8) is 0 Å². The summed E-state index contributed by atoms with van der Waals surface area (Å²) in [5, 5.41) is 13.3. The molecule has 1 saturated heterocycles. The molecule has 0 spiro atoms. The zero-order valence-corrected chi connectivity index (χ0v) is 16.5. The van der Waals surface area contributed by atoms with E-state index in [1.807, 2.05) is 48.5 Å². The standard InChI is InChI=1S/C22H22Cl2N2O/c23-16-6-4-15(5-7-16)20-13-19(18-9-8-17(24)12-21(18)25-20)22(27)14-26-10-2-1-3-11-26/h4-9,12-13,22,27H,1-3,10-11,14H2/t22-/m1/s1. The molecule has 0 bridgehead atoms. The highest BCUT2D eigenvalue weighted by molar-refractivity contribution is 6.31. The van der Waals surface area contributed by atoms with Gasteiger partial charge in [0, 0.05) is 27.5 Å². The van der Waals surface area contributed by atoms with E-state index in [4.69, 9.17) is 28.2 Å². The van der Waals surface area contributed by atoms with Gasteiger partial charge >= 0.3 is 0 Å². The summed E-state index contributed by atoms with van der Waals surface area (Å²) in [6.45, 7) is 2.74. The molecule has 1 atom stereocenters. The SMILES string of the molecule is O[C@H](CN1CCCCC1)c1cc(-c2ccc(Cl)cc2)nc2cc(Cl)ccc12. The van der Waals surface area contributed by atoms with E-state index in [1.54, 1.807) is 0 Å². The van der Waals surface area contributed by atoms with E-state index < -0.39 is 6.10 Å². The van der Waals surface area contributed by atoms with E-state index in [1.165, 1.54) is 19.3 Å². The number of rotatable bonds is 4. The second-order valence-corrected chi connectivity index (χ2v) is 8.02. The van der Waals surface area contributed by atoms with Crippen LogP contribution in [-0.2, 0) is 0 Å². The molecule has 0 amide bonds. The van der Waals surface area contributed by atoms with Crippen molar-refractivity contribution in [1.29, 1.82) is 0 Å². The van der Waals surface area contributed by atoms with Crippen molar-refractivity contribution in [3.05, 3.63) is 64.1 Å². The van der Waals surface area contributed by atoms with Gasteiger partial charge in [0.2, 0.25) is 0 Å². The van der Waals surface area contributed by atoms with Crippen molar-refractivity contribution in [2.24, 2.45) is 0 Å². The van der Waals surface area contributed by atoms with Gasteiger partial charge in [0.15, 0.2) is 0 Å². The molecule has 2 aromatic carbocycles. The van der Waals surface area contributed by atoms with Gasteiger partial charge in [-0.3, -0.25) is 0 Å². The van der Waals surface area contributed by atoms with Gasteiger partial charge in [0.1, 0.15) is 0 Å². The molecule has 1 aliphatic rings. The molecule has 0 unspecified atom stereocenters. The van der Waals surface area contributed by atoms with E-state index >= 15 is 0 Å². The van der Waals surface area contributed by atoms with E-state index in [2.05, 4.69) is 4.90 Å². The Balaban J connectivity index is 1.75. The maximum absolute atomic E-state index is 11.0. The number of pyridine rings is 1. The van der Waals surface area contributed by atoms with Crippen LogP contribution in [0.25, 0.3) is 22.2 Å². The molecular formula is C22H22Cl2N2O. The highest BCUT2D eigenvalue weighted by atomic mass is 35.5. The number of halogens is 2. The van der Waals surface area contributed by atoms with Crippen molar-refractivity contribution in [2.45, 2.75) is 25.4 Å². The number of aliphatic hydroxyl groups excluding tert-OH is 1. The second kappa shape index (κ2) is 8.15. The third kappa shape index (κ3) is 4.27. The Kier molecular flexibility index (Phi) is 5.65. The molecule has 4 rings (SSSR count). The van der Waals surface area contributed by atoms with Crippen molar-refractivity contribution in [3.8, 4) is 11.3 Å². The number of hydrogen-bond donors (Lipinski definition) is 1. The quantitative estimate of drug-likeness (QED) is 0.607. The Morgan fingerprint density at radius 1 is 0.926 bits per heavy atom. The Morgan fingerprint density at radius 3 is 2.37 bits per heavy atom. The number of aliphatic hydroxyl groups is 1. The maximum atomic E-state index is 11.0. The molecule has 0 saturated carbocycles. The van der Waals surface area contributed by atoms with E-state index in [9.17, 15) is 5.11 Å². The average Bonchev–Trinajstić information content (AvgIpc) is 2.68. The summed E-state index contributed by atoms with van der Waals surface area (Å²) in [5.74, 6) is 0. The Morgan fingerprint density at radius 2 is 1.63 bits per heavy atom. The first-order chi connectivity index (χ1) is 13.1. The number of fused-ring (bicyclic) bond motifs is 1. The molecule has 3 aromatic rings. The highest BCUT2D eigenvalue weighted by Crippen LogP contribution is 2.31. The lowest BCUT2D eigenvalue weighted by Crippen LogP contribution is -2.33. The largest absolute Gasteiger partial charge is 0.387 e. The van der Waals surface area contributed by atoms with E-state index in [-0.39, 0.29) is 0 Å². The Labute approximate surface area is 169 Å². The van der Waals surface area contributed by atoms with Crippen LogP contribution >= 0.6 is 23.2 Å². The summed E-state index contributed by atoms with van der Waals surface area (Å²) in [7, 11) is 0. The van der Waals surface area contributed by atoms with E-state index in [0.29, 0.717) is 16.6 Å². The molecule has 1 aromatic heterocycles. The van der Waals surface area contributed by atoms with Gasteiger partial charge in [-0.1, -0.05) is 47.8 Å². The van der Waals surface area contributed by atoms with Gasteiger partial charge in [-0.15, -0.1) is 0 Å². The van der Waals surface area contributed by atoms with Crippen LogP contribution in [0.15, 0.2) is 48.5 Å². The summed E-state index contributed by atoms with van der Waals surface area (Å²) < 4.78 is 0. The third-order valence-corrected chi connectivity index (χ3v) is 5.67. The minimum absolute atomic E-state index is 0.569.